The second-order valence-electron chi connectivity index (χ2n) is 6.65. The number of unbranched alkanes of at least 4 members (excludes halogenated alkanes) is 5. The van der Waals surface area contributed by atoms with Gasteiger partial charge >= 0.3 is 6.18 Å². The number of halogens is 3. The Morgan fingerprint density at radius 3 is 2.21 bits per heavy atom. The number of allylic oxidation sites excluding steroid dienone is 4. The van der Waals surface area contributed by atoms with Crippen LogP contribution < -0.4 is 0 Å². The van der Waals surface area contributed by atoms with Gasteiger partial charge in [-0.1, -0.05) is 75.8 Å². The van der Waals surface area contributed by atoms with Crippen LogP contribution in [-0.2, 0) is 6.18 Å². The Hall–Kier alpha value is -1.51. The molecule has 132 valence electrons. The summed E-state index contributed by atoms with van der Waals surface area (Å²) in [6.45, 7) is 2.23. The SMILES string of the molecule is CCCCCCCCC1C=CC(c2ccc(C(F)(F)F)cc2)=CC1. The largest absolute Gasteiger partial charge is 0.416 e. The van der Waals surface area contributed by atoms with Crippen LogP contribution in [0.5, 0.6) is 0 Å². The van der Waals surface area contributed by atoms with Gasteiger partial charge < -0.3 is 0 Å². The standard InChI is InChI=1S/C21H27F3/c1-2-3-4-5-6-7-8-17-9-11-18(12-10-17)19-13-15-20(16-14-19)21(22,23)24/h9,11-17H,2-8,10H2,1H3. The Bertz CT molecular complexity index is 549. The Morgan fingerprint density at radius 2 is 1.62 bits per heavy atom. The maximum atomic E-state index is 12.6. The monoisotopic (exact) mass is 336 g/mol. The second kappa shape index (κ2) is 9.10. The van der Waals surface area contributed by atoms with Crippen LogP contribution in [0.25, 0.3) is 5.57 Å². The lowest BCUT2D eigenvalue weighted by atomic mass is 9.89. The molecule has 0 fully saturated rings. The molecule has 1 aliphatic rings. The molecule has 1 atom stereocenters. The van der Waals surface area contributed by atoms with Crippen LogP contribution >= 0.6 is 0 Å². The van der Waals surface area contributed by atoms with Gasteiger partial charge in [0.2, 0.25) is 0 Å². The molecule has 1 aromatic carbocycles. The molecule has 1 unspecified atom stereocenters. The third-order valence-electron chi connectivity index (χ3n) is 4.66. The van der Waals surface area contributed by atoms with Crippen LogP contribution in [0.4, 0.5) is 13.2 Å². The fourth-order valence-corrected chi connectivity index (χ4v) is 3.13. The average molecular weight is 336 g/mol. The molecule has 3 heteroatoms. The van der Waals surface area contributed by atoms with Crippen molar-refractivity contribution in [3.63, 3.8) is 0 Å². The fraction of sp³-hybridized carbons (Fsp3) is 0.524. The van der Waals surface area contributed by atoms with Gasteiger partial charge in [0.05, 0.1) is 5.56 Å². The summed E-state index contributed by atoms with van der Waals surface area (Å²) in [5.41, 5.74) is 1.30. The van der Waals surface area contributed by atoms with Crippen LogP contribution in [0.3, 0.4) is 0 Å². The van der Waals surface area contributed by atoms with Crippen molar-refractivity contribution in [3.05, 3.63) is 53.6 Å². The zero-order valence-electron chi connectivity index (χ0n) is 14.4. The normalized spacial score (nSPS) is 17.8. The van der Waals surface area contributed by atoms with Gasteiger partial charge in [-0.05, 0) is 42.0 Å². The van der Waals surface area contributed by atoms with E-state index in [0.29, 0.717) is 5.92 Å². The van der Waals surface area contributed by atoms with Crippen molar-refractivity contribution in [2.75, 3.05) is 0 Å². The first kappa shape index (κ1) is 18.8. The van der Waals surface area contributed by atoms with E-state index < -0.39 is 11.7 Å². The summed E-state index contributed by atoms with van der Waals surface area (Å²) in [5, 5.41) is 0. The smallest absolute Gasteiger partial charge is 0.166 e. The average Bonchev–Trinajstić information content (AvgIpc) is 2.58. The molecule has 0 bridgehead atoms. The molecule has 0 heterocycles. The van der Waals surface area contributed by atoms with E-state index in [2.05, 4.69) is 25.2 Å². The molecule has 0 saturated carbocycles. The van der Waals surface area contributed by atoms with Crippen molar-refractivity contribution in [2.45, 2.75) is 64.5 Å². The first-order chi connectivity index (χ1) is 11.5. The third-order valence-corrected chi connectivity index (χ3v) is 4.66. The lowest BCUT2D eigenvalue weighted by molar-refractivity contribution is -0.137. The van der Waals surface area contributed by atoms with Crippen LogP contribution in [0, 0.1) is 5.92 Å². The number of hydrogen-bond donors (Lipinski definition) is 0. The van der Waals surface area contributed by atoms with Crippen molar-refractivity contribution in [2.24, 2.45) is 5.92 Å². The van der Waals surface area contributed by atoms with Gasteiger partial charge in [0.15, 0.2) is 0 Å². The Balaban J connectivity index is 1.78. The van der Waals surface area contributed by atoms with Crippen molar-refractivity contribution in [1.82, 2.24) is 0 Å². The summed E-state index contributed by atoms with van der Waals surface area (Å²) in [6.07, 6.45) is 12.2. The van der Waals surface area contributed by atoms with E-state index in [4.69, 9.17) is 0 Å². The Kier molecular flexibility index (Phi) is 7.14. The van der Waals surface area contributed by atoms with Gasteiger partial charge in [-0.3, -0.25) is 0 Å². The molecule has 0 N–H and O–H groups in total. The van der Waals surface area contributed by atoms with E-state index in [1.54, 1.807) is 12.1 Å². The molecular weight excluding hydrogens is 309 g/mol. The van der Waals surface area contributed by atoms with Gasteiger partial charge in [-0.25, -0.2) is 0 Å². The molecule has 1 aliphatic carbocycles. The van der Waals surface area contributed by atoms with Crippen molar-refractivity contribution in [1.29, 1.82) is 0 Å². The molecule has 1 aromatic rings. The van der Waals surface area contributed by atoms with Crippen LogP contribution in [0.2, 0.25) is 0 Å². The van der Waals surface area contributed by atoms with Gasteiger partial charge in [0.25, 0.3) is 0 Å². The number of rotatable bonds is 8. The van der Waals surface area contributed by atoms with Crippen molar-refractivity contribution < 1.29 is 13.2 Å². The third kappa shape index (κ3) is 5.85. The van der Waals surface area contributed by atoms with E-state index in [9.17, 15) is 13.2 Å². The summed E-state index contributed by atoms with van der Waals surface area (Å²) in [7, 11) is 0. The summed E-state index contributed by atoms with van der Waals surface area (Å²) >= 11 is 0. The molecule has 2 rings (SSSR count). The maximum Gasteiger partial charge on any atom is 0.416 e. The maximum absolute atomic E-state index is 12.6. The second-order valence-corrected chi connectivity index (χ2v) is 6.65. The summed E-state index contributed by atoms with van der Waals surface area (Å²) in [6, 6.07) is 5.44. The summed E-state index contributed by atoms with van der Waals surface area (Å²) in [5.74, 6) is 0.578. The topological polar surface area (TPSA) is 0 Å². The molecule has 0 radical (unpaired) electrons. The van der Waals surface area contributed by atoms with Crippen molar-refractivity contribution in [3.8, 4) is 0 Å². The number of alkyl halides is 3. The predicted molar refractivity (Wildman–Crippen MR) is 94.7 cm³/mol. The molecule has 0 aromatic heterocycles. The lowest BCUT2D eigenvalue weighted by Gasteiger charge is -2.17. The summed E-state index contributed by atoms with van der Waals surface area (Å²) < 4.78 is 37.8. The molecule has 0 aliphatic heterocycles. The molecule has 0 spiro atoms. The van der Waals surface area contributed by atoms with Crippen LogP contribution in [-0.4, -0.2) is 0 Å². The van der Waals surface area contributed by atoms with Gasteiger partial charge in [0.1, 0.15) is 0 Å². The van der Waals surface area contributed by atoms with E-state index in [0.717, 1.165) is 29.7 Å². The highest BCUT2D eigenvalue weighted by Gasteiger charge is 2.30. The number of hydrogen-bond acceptors (Lipinski definition) is 0. The van der Waals surface area contributed by atoms with Gasteiger partial charge in [-0.15, -0.1) is 0 Å². The van der Waals surface area contributed by atoms with Crippen LogP contribution in [0.15, 0.2) is 42.5 Å². The molecule has 0 saturated heterocycles. The predicted octanol–water partition coefficient (Wildman–Crippen LogP) is 7.42. The highest BCUT2D eigenvalue weighted by molar-refractivity contribution is 5.75. The minimum absolute atomic E-state index is 0.578. The first-order valence-electron chi connectivity index (χ1n) is 9.06. The zero-order chi connectivity index (χ0) is 17.4. The lowest BCUT2D eigenvalue weighted by Crippen LogP contribution is -2.04. The Labute approximate surface area is 143 Å². The highest BCUT2D eigenvalue weighted by Crippen LogP contribution is 2.32. The zero-order valence-corrected chi connectivity index (χ0v) is 14.4. The molecule has 0 amide bonds. The number of benzene rings is 1. The first-order valence-corrected chi connectivity index (χ1v) is 9.06. The molecule has 24 heavy (non-hydrogen) atoms. The molecule has 0 nitrogen and oxygen atoms in total. The van der Waals surface area contributed by atoms with E-state index in [1.807, 2.05) is 0 Å². The van der Waals surface area contributed by atoms with E-state index in [1.165, 1.54) is 44.9 Å². The fourth-order valence-electron chi connectivity index (χ4n) is 3.13. The van der Waals surface area contributed by atoms with E-state index in [-0.39, 0.29) is 0 Å². The Morgan fingerprint density at radius 1 is 0.958 bits per heavy atom. The molecular formula is C21H27F3. The highest BCUT2D eigenvalue weighted by atomic mass is 19.4. The van der Waals surface area contributed by atoms with E-state index >= 15 is 0 Å². The summed E-state index contributed by atoms with van der Waals surface area (Å²) in [4.78, 5) is 0. The van der Waals surface area contributed by atoms with Gasteiger partial charge in [0, 0.05) is 0 Å². The van der Waals surface area contributed by atoms with Crippen LogP contribution in [0.1, 0.15) is 69.4 Å². The van der Waals surface area contributed by atoms with Crippen molar-refractivity contribution >= 4 is 5.57 Å². The quantitative estimate of drug-likeness (QED) is 0.433. The minimum atomic E-state index is -4.27. The van der Waals surface area contributed by atoms with Gasteiger partial charge in [-0.2, -0.15) is 13.2 Å². The minimum Gasteiger partial charge on any atom is -0.166 e.